The van der Waals surface area contributed by atoms with Gasteiger partial charge in [-0.3, -0.25) is 0 Å². The average Bonchev–Trinajstić information content (AvgIpc) is 3.14. The lowest BCUT2D eigenvalue weighted by atomic mass is 10.1. The number of hydrogen-bond acceptors (Lipinski definition) is 7. The molecule has 27 heavy (non-hydrogen) atoms. The van der Waals surface area contributed by atoms with Crippen molar-refractivity contribution in [2.75, 3.05) is 0 Å². The van der Waals surface area contributed by atoms with Gasteiger partial charge in [0, 0.05) is 11.6 Å². The van der Waals surface area contributed by atoms with Crippen LogP contribution in [-0.4, -0.2) is 23.2 Å². The van der Waals surface area contributed by atoms with Crippen LogP contribution in [0, 0.1) is 17.1 Å². The van der Waals surface area contributed by atoms with E-state index in [9.17, 15) is 22.0 Å². The summed E-state index contributed by atoms with van der Waals surface area (Å²) in [6.07, 6.45) is 2.65. The number of benzene rings is 2. The molecule has 0 saturated heterocycles. The van der Waals surface area contributed by atoms with Crippen molar-refractivity contribution in [3.05, 3.63) is 66.0 Å². The van der Waals surface area contributed by atoms with Crippen LogP contribution >= 0.6 is 0 Å². The SMILES string of the molecule is N#Cc1cc(-n2cncn2)cc(F)c1COc1ccc(OS(=O)(=O)F)cc1. The molecule has 3 aromatic rings. The topological polar surface area (TPSA) is 107 Å². The molecule has 0 radical (unpaired) electrons. The highest BCUT2D eigenvalue weighted by Crippen LogP contribution is 2.23. The Morgan fingerprint density at radius 3 is 2.48 bits per heavy atom. The Morgan fingerprint density at radius 1 is 1.19 bits per heavy atom. The second-order valence-corrected chi connectivity index (χ2v) is 6.09. The van der Waals surface area contributed by atoms with E-state index in [-0.39, 0.29) is 29.2 Å². The number of hydrogen-bond donors (Lipinski definition) is 0. The lowest BCUT2D eigenvalue weighted by Crippen LogP contribution is -2.05. The van der Waals surface area contributed by atoms with Crippen molar-refractivity contribution < 1.29 is 25.6 Å². The maximum absolute atomic E-state index is 14.4. The first-order chi connectivity index (χ1) is 12.9. The van der Waals surface area contributed by atoms with Crippen LogP contribution in [0.25, 0.3) is 5.69 Å². The third-order valence-electron chi connectivity index (χ3n) is 3.39. The summed E-state index contributed by atoms with van der Waals surface area (Å²) in [6.45, 7) is -0.256. The van der Waals surface area contributed by atoms with E-state index in [1.54, 1.807) is 0 Å². The van der Waals surface area contributed by atoms with Gasteiger partial charge in [-0.1, -0.05) is 3.89 Å². The van der Waals surface area contributed by atoms with Gasteiger partial charge in [0.2, 0.25) is 0 Å². The fourth-order valence-electron chi connectivity index (χ4n) is 2.20. The summed E-state index contributed by atoms with van der Waals surface area (Å²) in [4.78, 5) is 3.76. The zero-order chi connectivity index (χ0) is 19.4. The molecule has 0 bridgehead atoms. The molecule has 0 aliphatic carbocycles. The number of halogens is 2. The molecule has 0 aliphatic rings. The molecule has 0 aliphatic heterocycles. The summed E-state index contributed by atoms with van der Waals surface area (Å²) in [5, 5.41) is 13.2. The molecule has 138 valence electrons. The van der Waals surface area contributed by atoms with Crippen LogP contribution in [0.4, 0.5) is 8.28 Å². The van der Waals surface area contributed by atoms with Gasteiger partial charge in [-0.2, -0.15) is 18.8 Å². The lowest BCUT2D eigenvalue weighted by molar-refractivity contribution is 0.299. The third-order valence-corrected chi connectivity index (χ3v) is 3.78. The Morgan fingerprint density at radius 2 is 1.89 bits per heavy atom. The Labute approximate surface area is 152 Å². The highest BCUT2D eigenvalue weighted by Gasteiger charge is 2.14. The van der Waals surface area contributed by atoms with Gasteiger partial charge in [0.1, 0.15) is 36.6 Å². The molecule has 0 spiro atoms. The van der Waals surface area contributed by atoms with E-state index in [1.807, 2.05) is 6.07 Å². The molecule has 3 rings (SSSR count). The number of aromatic nitrogens is 3. The zero-order valence-corrected chi connectivity index (χ0v) is 14.2. The first-order valence-corrected chi connectivity index (χ1v) is 8.61. The highest BCUT2D eigenvalue weighted by molar-refractivity contribution is 7.81. The predicted molar refractivity (Wildman–Crippen MR) is 87.5 cm³/mol. The summed E-state index contributed by atoms with van der Waals surface area (Å²) in [7, 11) is -5.12. The summed E-state index contributed by atoms with van der Waals surface area (Å²) < 4.78 is 58.5. The molecule has 8 nitrogen and oxygen atoms in total. The van der Waals surface area contributed by atoms with Gasteiger partial charge in [0.05, 0.1) is 17.3 Å². The molecular formula is C16H10F2N4O4S. The maximum Gasteiger partial charge on any atom is 0.488 e. The predicted octanol–water partition coefficient (Wildman–Crippen LogP) is 2.45. The van der Waals surface area contributed by atoms with Gasteiger partial charge in [-0.05, 0) is 30.3 Å². The molecule has 0 saturated carbocycles. The van der Waals surface area contributed by atoms with Crippen LogP contribution in [0.2, 0.25) is 0 Å². The van der Waals surface area contributed by atoms with Crippen molar-refractivity contribution in [2.24, 2.45) is 0 Å². The fraction of sp³-hybridized carbons (Fsp3) is 0.0625. The van der Waals surface area contributed by atoms with E-state index in [2.05, 4.69) is 14.3 Å². The highest BCUT2D eigenvalue weighted by atomic mass is 32.3. The molecular weight excluding hydrogens is 382 g/mol. The van der Waals surface area contributed by atoms with Crippen molar-refractivity contribution in [3.8, 4) is 23.3 Å². The molecule has 0 atom stereocenters. The first kappa shape index (κ1) is 18.3. The molecule has 0 amide bonds. The lowest BCUT2D eigenvalue weighted by Gasteiger charge is -2.11. The van der Waals surface area contributed by atoms with E-state index < -0.39 is 16.3 Å². The molecule has 1 heterocycles. The molecule has 0 unspecified atom stereocenters. The zero-order valence-electron chi connectivity index (χ0n) is 13.4. The molecule has 0 fully saturated rings. The number of nitrogens with zero attached hydrogens (tertiary/aromatic N) is 4. The molecule has 0 N–H and O–H groups in total. The largest absolute Gasteiger partial charge is 0.489 e. The normalized spacial score (nSPS) is 11.0. The van der Waals surface area contributed by atoms with Gasteiger partial charge in [0.15, 0.2) is 0 Å². The number of rotatable bonds is 6. The average molecular weight is 392 g/mol. The Balaban J connectivity index is 1.77. The minimum atomic E-state index is -5.12. The fourth-order valence-corrected chi connectivity index (χ4v) is 2.55. The van der Waals surface area contributed by atoms with Crippen LogP contribution in [0.3, 0.4) is 0 Å². The Hall–Kier alpha value is -3.52. The summed E-state index contributed by atoms with van der Waals surface area (Å²) >= 11 is 0. The Bertz CT molecular complexity index is 1090. The second kappa shape index (κ2) is 7.38. The van der Waals surface area contributed by atoms with Crippen molar-refractivity contribution in [3.63, 3.8) is 0 Å². The van der Waals surface area contributed by atoms with Crippen LogP contribution in [0.1, 0.15) is 11.1 Å². The number of ether oxygens (including phenoxy) is 1. The van der Waals surface area contributed by atoms with E-state index in [0.29, 0.717) is 5.69 Å². The van der Waals surface area contributed by atoms with Crippen LogP contribution < -0.4 is 8.92 Å². The van der Waals surface area contributed by atoms with E-state index in [0.717, 1.165) is 0 Å². The van der Waals surface area contributed by atoms with Gasteiger partial charge in [0.25, 0.3) is 0 Å². The standard InChI is InChI=1S/C16H10F2N4O4S/c17-16-6-12(22-10-20-9-21-22)5-11(7-19)15(16)8-25-13-1-3-14(4-2-13)26-27(18,23)24/h1-6,9-10H,8H2. The first-order valence-electron chi connectivity index (χ1n) is 7.30. The van der Waals surface area contributed by atoms with Crippen molar-refractivity contribution >= 4 is 10.5 Å². The second-order valence-electron chi connectivity index (χ2n) is 5.14. The van der Waals surface area contributed by atoms with E-state index >= 15 is 0 Å². The summed E-state index contributed by atoms with van der Waals surface area (Å²) in [6, 6.07) is 9.50. The van der Waals surface area contributed by atoms with Gasteiger partial charge in [-0.15, -0.1) is 0 Å². The van der Waals surface area contributed by atoms with Crippen LogP contribution in [-0.2, 0) is 17.1 Å². The monoisotopic (exact) mass is 392 g/mol. The molecule has 11 heteroatoms. The minimum Gasteiger partial charge on any atom is -0.489 e. The summed E-state index contributed by atoms with van der Waals surface area (Å²) in [5.74, 6) is -0.670. The van der Waals surface area contributed by atoms with Crippen LogP contribution in [0.15, 0.2) is 49.1 Å². The minimum absolute atomic E-state index is 0.0352. The summed E-state index contributed by atoms with van der Waals surface area (Å²) in [5.41, 5.74) is 0.427. The van der Waals surface area contributed by atoms with Crippen molar-refractivity contribution in [1.82, 2.24) is 14.8 Å². The Kier molecular flexibility index (Phi) is 5.00. The van der Waals surface area contributed by atoms with Crippen molar-refractivity contribution in [2.45, 2.75) is 6.61 Å². The van der Waals surface area contributed by atoms with E-state index in [4.69, 9.17) is 4.74 Å². The van der Waals surface area contributed by atoms with Gasteiger partial charge >= 0.3 is 10.5 Å². The van der Waals surface area contributed by atoms with Gasteiger partial charge < -0.3 is 8.92 Å². The van der Waals surface area contributed by atoms with E-state index in [1.165, 1.54) is 53.7 Å². The van der Waals surface area contributed by atoms with Crippen molar-refractivity contribution in [1.29, 1.82) is 5.26 Å². The van der Waals surface area contributed by atoms with Crippen LogP contribution in [0.5, 0.6) is 11.5 Å². The quantitative estimate of drug-likeness (QED) is 0.593. The van der Waals surface area contributed by atoms with Gasteiger partial charge in [-0.25, -0.2) is 14.1 Å². The molecule has 2 aromatic carbocycles. The number of nitriles is 1. The third kappa shape index (κ3) is 4.56. The smallest absolute Gasteiger partial charge is 0.488 e. The molecule has 1 aromatic heterocycles. The maximum atomic E-state index is 14.4.